The van der Waals surface area contributed by atoms with Crippen LogP contribution in [0.2, 0.25) is 0 Å². The molecule has 0 radical (unpaired) electrons. The van der Waals surface area contributed by atoms with Gasteiger partial charge in [-0.05, 0) is 132 Å². The fourth-order valence-electron chi connectivity index (χ4n) is 12.6. The van der Waals surface area contributed by atoms with Crippen LogP contribution in [-0.4, -0.2) is 135 Å². The quantitative estimate of drug-likeness (QED) is 0.136. The average Bonchev–Trinajstić information content (AvgIpc) is 4.09. The predicted octanol–water partition coefficient (Wildman–Crippen LogP) is 7.52. The third kappa shape index (κ3) is 7.99. The molecule has 8 aromatic rings. The highest BCUT2D eigenvalue weighted by Crippen LogP contribution is 2.41. The molecule has 8 heterocycles. The Morgan fingerprint density at radius 3 is 1.97 bits per heavy atom. The van der Waals surface area contributed by atoms with Crippen molar-refractivity contribution in [3.63, 3.8) is 0 Å². The fraction of sp³-hybridized carbons (Fsp3) is 0.473. The molecule has 18 heteroatoms. The van der Waals surface area contributed by atoms with Gasteiger partial charge in [-0.15, -0.1) is 0 Å². The van der Waals surface area contributed by atoms with E-state index >= 15 is 4.39 Å². The number of imidazole rings is 2. The first-order valence-electron chi connectivity index (χ1n) is 25.8. The minimum absolute atomic E-state index is 0.0130. The lowest BCUT2D eigenvalue weighted by Crippen LogP contribution is -2.43. The van der Waals surface area contributed by atoms with Gasteiger partial charge in [0.05, 0.1) is 36.6 Å². The maximum absolute atomic E-state index is 15.5. The summed E-state index contributed by atoms with van der Waals surface area (Å²) in [4.78, 5) is 56.6. The summed E-state index contributed by atoms with van der Waals surface area (Å²) >= 11 is 0. The number of benzene rings is 2. The van der Waals surface area contributed by atoms with Crippen LogP contribution in [0.5, 0.6) is 11.8 Å². The molecule has 2 amide bonds. The summed E-state index contributed by atoms with van der Waals surface area (Å²) in [7, 11) is 11.2. The molecular formula is C55H64FN13O4. The number of aryl methyl sites for hydroxylation is 2. The smallest absolute Gasteiger partial charge is 0.318 e. The van der Waals surface area contributed by atoms with E-state index in [9.17, 15) is 9.59 Å². The Balaban J connectivity index is 0.000000149. The van der Waals surface area contributed by atoms with E-state index in [2.05, 4.69) is 73.6 Å². The molecule has 380 valence electrons. The number of hydrogen-bond acceptors (Lipinski definition) is 11. The number of methoxy groups -OCH3 is 2. The number of likely N-dealkylation sites (N-methyl/N-ethyl adjacent to an activating group) is 1. The van der Waals surface area contributed by atoms with Crippen LogP contribution in [0, 0.1) is 29.5 Å². The minimum atomic E-state index is -0.461. The Morgan fingerprint density at radius 1 is 0.740 bits per heavy atom. The number of aromatic nitrogens is 9. The second kappa shape index (κ2) is 17.9. The fourth-order valence-corrected chi connectivity index (χ4v) is 12.6. The van der Waals surface area contributed by atoms with Gasteiger partial charge in [0.25, 0.3) is 11.8 Å². The van der Waals surface area contributed by atoms with Crippen molar-refractivity contribution >= 4 is 55.9 Å². The van der Waals surface area contributed by atoms with Crippen molar-refractivity contribution in [3.05, 3.63) is 77.9 Å². The zero-order chi connectivity index (χ0) is 50.7. The number of piperidine rings is 1. The van der Waals surface area contributed by atoms with Gasteiger partial charge in [-0.2, -0.15) is 4.98 Å². The molecule has 2 aliphatic heterocycles. The molecular weight excluding hydrogens is 926 g/mol. The van der Waals surface area contributed by atoms with E-state index in [1.54, 1.807) is 38.1 Å². The second-order valence-electron chi connectivity index (χ2n) is 21.6. The van der Waals surface area contributed by atoms with Gasteiger partial charge in [0.15, 0.2) is 11.6 Å². The van der Waals surface area contributed by atoms with E-state index in [1.165, 1.54) is 31.7 Å². The van der Waals surface area contributed by atoms with Gasteiger partial charge in [-0.25, -0.2) is 24.3 Å². The number of halogens is 1. The van der Waals surface area contributed by atoms with Crippen LogP contribution >= 0.6 is 0 Å². The first-order chi connectivity index (χ1) is 35.2. The third-order valence-corrected chi connectivity index (χ3v) is 16.6. The van der Waals surface area contributed by atoms with Crippen LogP contribution < -0.4 is 15.2 Å². The number of carbonyl (C=O) groups is 2. The molecule has 2 bridgehead atoms. The molecule has 13 rings (SSSR count). The van der Waals surface area contributed by atoms with Gasteiger partial charge in [0.1, 0.15) is 33.9 Å². The lowest BCUT2D eigenvalue weighted by Gasteiger charge is -2.29. The maximum atomic E-state index is 15.5. The summed E-state index contributed by atoms with van der Waals surface area (Å²) in [6.45, 7) is 7.49. The highest BCUT2D eigenvalue weighted by Gasteiger charge is 2.47. The lowest BCUT2D eigenvalue weighted by atomic mass is 10.0. The van der Waals surface area contributed by atoms with Crippen molar-refractivity contribution in [2.45, 2.75) is 89.6 Å². The van der Waals surface area contributed by atoms with Crippen molar-refractivity contribution in [1.29, 1.82) is 0 Å². The first-order valence-corrected chi connectivity index (χ1v) is 25.8. The average molecular weight is 990 g/mol. The van der Waals surface area contributed by atoms with E-state index in [-0.39, 0.29) is 29.9 Å². The molecule has 5 fully saturated rings. The van der Waals surface area contributed by atoms with Crippen LogP contribution in [0.1, 0.15) is 73.1 Å². The summed E-state index contributed by atoms with van der Waals surface area (Å²) < 4.78 is 34.8. The SMILES string of the molecule is COc1cc(C(=O)N2C[C@@H](C)[C@@H](N(C)C)[C@H]2C)cc2nc(-c3cc4cccnc4n3CC3CC3)n(C)c12.COc1ncc2cc(-c3nc4cc(C(=O)N5C[C@H]6CCC5C6N)cc(F)c4n3C)n(CC3CC3)c2n1. The molecule has 2 aromatic carbocycles. The van der Waals surface area contributed by atoms with Gasteiger partial charge in [0, 0.05) is 98.7 Å². The Bertz CT molecular complexity index is 3490. The largest absolute Gasteiger partial charge is 0.494 e. The van der Waals surface area contributed by atoms with E-state index < -0.39 is 5.82 Å². The lowest BCUT2D eigenvalue weighted by molar-refractivity contribution is 0.0698. The monoisotopic (exact) mass is 990 g/mol. The van der Waals surface area contributed by atoms with Crippen molar-refractivity contribution < 1.29 is 23.5 Å². The standard InChI is InChI=1S/C29H36N6O2.C26H28FN7O2/c1-17-15-34(18(2)25(17)32(3)4)29(36)21-12-22-26(24(14-21)37-6)33(5)28(31-22)23-13-20-8-7-11-30-27(20)35(23)16-19-9-10-19;1-32-22-17(27)7-15(25(35)34-12-14-5-6-19(34)21(14)28)8-18(22)30-24(32)20-9-16-10-29-26(36-2)31-23(16)33(20)11-13-3-4-13/h7-8,11-14,17-19,25H,9-10,15-16H2,1-6H3;7-10,13-14,19,21H,3-6,11-12,28H2,1-2H3/t17-,18-,25-;14-,19?,21?/m11/s1. The molecule has 2 saturated heterocycles. The number of likely N-dealkylation sites (tertiary alicyclic amines) is 2. The van der Waals surface area contributed by atoms with E-state index in [0.29, 0.717) is 76.0 Å². The summed E-state index contributed by atoms with van der Waals surface area (Å²) in [5.41, 5.74) is 13.4. The number of nitrogens with zero attached hydrogens (tertiary/aromatic N) is 12. The minimum Gasteiger partial charge on any atom is -0.494 e. The number of fused-ring (bicyclic) bond motifs is 6. The predicted molar refractivity (Wildman–Crippen MR) is 278 cm³/mol. The molecule has 0 spiro atoms. The molecule has 2 unspecified atom stereocenters. The Labute approximate surface area is 423 Å². The first kappa shape index (κ1) is 47.1. The van der Waals surface area contributed by atoms with Crippen molar-refractivity contribution in [2.24, 2.45) is 43.5 Å². The molecule has 6 aromatic heterocycles. The summed E-state index contributed by atoms with van der Waals surface area (Å²) in [5, 5.41) is 1.98. The van der Waals surface area contributed by atoms with Crippen LogP contribution in [0.3, 0.4) is 0 Å². The van der Waals surface area contributed by atoms with Gasteiger partial charge >= 0.3 is 6.01 Å². The third-order valence-electron chi connectivity index (χ3n) is 16.6. The van der Waals surface area contributed by atoms with Crippen LogP contribution in [0.4, 0.5) is 4.39 Å². The molecule has 17 nitrogen and oxygen atoms in total. The van der Waals surface area contributed by atoms with Crippen molar-refractivity contribution in [1.82, 2.24) is 57.9 Å². The zero-order valence-corrected chi connectivity index (χ0v) is 42.9. The highest BCUT2D eigenvalue weighted by atomic mass is 19.1. The normalized spacial score (nSPS) is 22.7. The number of ether oxygens (including phenoxy) is 2. The number of carbonyl (C=O) groups excluding carboxylic acids is 2. The van der Waals surface area contributed by atoms with Gasteiger partial charge < -0.3 is 48.2 Å². The summed E-state index contributed by atoms with van der Waals surface area (Å²) in [5.74, 6) is 3.55. The molecule has 73 heavy (non-hydrogen) atoms. The number of amides is 2. The van der Waals surface area contributed by atoms with Crippen LogP contribution in [0.15, 0.2) is 60.9 Å². The number of rotatable bonds is 11. The van der Waals surface area contributed by atoms with Crippen LogP contribution in [0.25, 0.3) is 67.2 Å². The number of pyridine rings is 1. The molecule has 3 saturated carbocycles. The number of hydrogen-bond donors (Lipinski definition) is 1. The molecule has 3 aliphatic carbocycles. The van der Waals surface area contributed by atoms with Gasteiger partial charge in [0.2, 0.25) is 0 Å². The summed E-state index contributed by atoms with van der Waals surface area (Å²) in [6, 6.07) is 15.9. The topological polar surface area (TPSA) is 173 Å². The Morgan fingerprint density at radius 2 is 1.37 bits per heavy atom. The Hall–Kier alpha value is -6.92. The highest BCUT2D eigenvalue weighted by molar-refractivity contribution is 6.01. The molecule has 2 N–H and O–H groups in total. The van der Waals surface area contributed by atoms with E-state index in [1.807, 2.05) is 47.3 Å². The second-order valence-corrected chi connectivity index (χ2v) is 21.6. The summed E-state index contributed by atoms with van der Waals surface area (Å²) in [6.07, 6.45) is 10.4. The number of nitrogens with two attached hydrogens (primary N) is 1. The van der Waals surface area contributed by atoms with Gasteiger partial charge in [-0.3, -0.25) is 9.59 Å². The Kier molecular flexibility index (Phi) is 11.6. The van der Waals surface area contributed by atoms with Crippen molar-refractivity contribution in [2.75, 3.05) is 41.4 Å². The van der Waals surface area contributed by atoms with E-state index in [0.717, 1.165) is 82.8 Å². The van der Waals surface area contributed by atoms with Crippen molar-refractivity contribution in [3.8, 4) is 34.8 Å². The maximum Gasteiger partial charge on any atom is 0.318 e. The molecule has 6 atom stereocenters. The van der Waals surface area contributed by atoms with E-state index in [4.69, 9.17) is 25.2 Å². The van der Waals surface area contributed by atoms with Gasteiger partial charge in [-0.1, -0.05) is 6.92 Å². The molecule has 5 aliphatic rings. The zero-order valence-electron chi connectivity index (χ0n) is 42.9. The van der Waals surface area contributed by atoms with Crippen LogP contribution in [-0.2, 0) is 27.2 Å².